The van der Waals surface area contributed by atoms with Crippen LogP contribution in [-0.4, -0.2) is 23.0 Å². The Hall–Kier alpha value is -2.04. The highest BCUT2D eigenvalue weighted by atomic mass is 35.5. The number of aryl methyl sites for hydroxylation is 1. The third kappa shape index (κ3) is 3.40. The molecule has 0 spiro atoms. The molecule has 1 amide bonds. The van der Waals surface area contributed by atoms with Gasteiger partial charge in [0.2, 0.25) is 0 Å². The first-order chi connectivity index (χ1) is 11.6. The molecule has 2 aromatic rings. The maximum atomic E-state index is 12.5. The van der Waals surface area contributed by atoms with Gasteiger partial charge in [0.1, 0.15) is 0 Å². The van der Waals surface area contributed by atoms with Crippen LogP contribution in [0.3, 0.4) is 0 Å². The van der Waals surface area contributed by atoms with Gasteiger partial charge in [-0.2, -0.15) is 0 Å². The number of nitrogens with zero attached hydrogens (tertiary/aromatic N) is 2. The van der Waals surface area contributed by atoms with Crippen molar-refractivity contribution in [1.82, 2.24) is 4.90 Å². The van der Waals surface area contributed by atoms with Crippen LogP contribution in [0.5, 0.6) is 0 Å². The summed E-state index contributed by atoms with van der Waals surface area (Å²) in [7, 11) is 1.75. The lowest BCUT2D eigenvalue weighted by Gasteiger charge is -2.08. The molecule has 1 saturated heterocycles. The van der Waals surface area contributed by atoms with Crippen molar-refractivity contribution in [1.29, 1.82) is 0 Å². The number of aliphatic imine (C=N–C) groups is 1. The van der Waals surface area contributed by atoms with Crippen LogP contribution >= 0.6 is 23.4 Å². The zero-order valence-corrected chi connectivity index (χ0v) is 15.1. The summed E-state index contributed by atoms with van der Waals surface area (Å²) in [6, 6.07) is 15.5. The van der Waals surface area contributed by atoms with Crippen LogP contribution in [0.2, 0.25) is 5.02 Å². The third-order valence-corrected chi connectivity index (χ3v) is 5.19. The molecule has 0 saturated carbocycles. The van der Waals surface area contributed by atoms with Crippen LogP contribution in [0, 0.1) is 0 Å². The van der Waals surface area contributed by atoms with Crippen LogP contribution in [0.15, 0.2) is 58.4 Å². The highest BCUT2D eigenvalue weighted by molar-refractivity contribution is 8.18. The van der Waals surface area contributed by atoms with Crippen LogP contribution in [0.1, 0.15) is 18.1 Å². The molecule has 0 aromatic heterocycles. The first-order valence-corrected chi connectivity index (χ1v) is 8.88. The summed E-state index contributed by atoms with van der Waals surface area (Å²) >= 11 is 7.56. The zero-order chi connectivity index (χ0) is 17.1. The summed E-state index contributed by atoms with van der Waals surface area (Å²) in [5.41, 5.74) is 2.90. The number of carbonyl (C=O) groups is 1. The molecule has 122 valence electrons. The molecule has 0 unspecified atom stereocenters. The number of hydrogen-bond acceptors (Lipinski definition) is 3. The summed E-state index contributed by atoms with van der Waals surface area (Å²) in [4.78, 5) is 19.4. The van der Waals surface area contributed by atoms with Crippen LogP contribution in [0.4, 0.5) is 5.69 Å². The van der Waals surface area contributed by atoms with E-state index >= 15 is 0 Å². The lowest BCUT2D eigenvalue weighted by atomic mass is 10.1. The number of halogens is 1. The molecular weight excluding hydrogens is 340 g/mol. The van der Waals surface area contributed by atoms with E-state index < -0.39 is 0 Å². The van der Waals surface area contributed by atoms with E-state index in [0.717, 1.165) is 23.2 Å². The molecule has 1 aliphatic heterocycles. The molecule has 2 aromatic carbocycles. The van der Waals surface area contributed by atoms with Gasteiger partial charge >= 0.3 is 0 Å². The Labute approximate surface area is 151 Å². The van der Waals surface area contributed by atoms with Crippen molar-refractivity contribution in [3.63, 3.8) is 0 Å². The molecule has 0 radical (unpaired) electrons. The van der Waals surface area contributed by atoms with Crippen molar-refractivity contribution in [3.05, 3.63) is 69.6 Å². The molecule has 24 heavy (non-hydrogen) atoms. The fraction of sp³-hybridized carbons (Fsp3) is 0.158. The van der Waals surface area contributed by atoms with E-state index in [1.54, 1.807) is 11.9 Å². The molecule has 1 aliphatic rings. The van der Waals surface area contributed by atoms with Crippen molar-refractivity contribution in [2.45, 2.75) is 13.3 Å². The number of likely N-dealkylation sites (N-methyl/N-ethyl adjacent to an activating group) is 1. The number of amidine groups is 1. The average molecular weight is 357 g/mol. The van der Waals surface area contributed by atoms with Crippen LogP contribution < -0.4 is 0 Å². The summed E-state index contributed by atoms with van der Waals surface area (Å²) in [5.74, 6) is -0.0624. The first kappa shape index (κ1) is 16.8. The van der Waals surface area contributed by atoms with Crippen LogP contribution in [0.25, 0.3) is 6.08 Å². The largest absolute Gasteiger partial charge is 0.290 e. The number of hydrogen-bond donors (Lipinski definition) is 0. The molecule has 3 nitrogen and oxygen atoms in total. The van der Waals surface area contributed by atoms with Crippen molar-refractivity contribution in [2.24, 2.45) is 4.99 Å². The predicted octanol–water partition coefficient (Wildman–Crippen LogP) is 5.14. The predicted molar refractivity (Wildman–Crippen MR) is 103 cm³/mol. The second-order valence-corrected chi connectivity index (χ2v) is 6.79. The Bertz CT molecular complexity index is 845. The smallest absolute Gasteiger partial charge is 0.266 e. The summed E-state index contributed by atoms with van der Waals surface area (Å²) in [5, 5.41) is 1.31. The number of para-hydroxylation sites is 1. The van der Waals surface area contributed by atoms with E-state index in [0.29, 0.717) is 15.1 Å². The van der Waals surface area contributed by atoms with Crippen molar-refractivity contribution in [3.8, 4) is 0 Å². The number of carbonyl (C=O) groups excluding carboxylic acids is 1. The van der Waals surface area contributed by atoms with Crippen molar-refractivity contribution < 1.29 is 4.79 Å². The quantitative estimate of drug-likeness (QED) is 0.713. The van der Waals surface area contributed by atoms with Gasteiger partial charge in [-0.3, -0.25) is 9.69 Å². The highest BCUT2D eigenvalue weighted by Crippen LogP contribution is 2.34. The Morgan fingerprint density at radius 1 is 1.17 bits per heavy atom. The van der Waals surface area contributed by atoms with Gasteiger partial charge in [0.05, 0.1) is 10.6 Å². The lowest BCUT2D eigenvalue weighted by molar-refractivity contribution is -0.121. The molecule has 0 bridgehead atoms. The summed E-state index contributed by atoms with van der Waals surface area (Å²) in [6.07, 6.45) is 2.72. The molecule has 1 heterocycles. The summed E-state index contributed by atoms with van der Waals surface area (Å²) in [6.45, 7) is 2.10. The number of thioether (sulfide) groups is 1. The first-order valence-electron chi connectivity index (χ1n) is 7.69. The number of benzene rings is 2. The van der Waals surface area contributed by atoms with Gasteiger partial charge in [-0.25, -0.2) is 4.99 Å². The molecule has 0 N–H and O–H groups in total. The molecule has 0 aliphatic carbocycles. The van der Waals surface area contributed by atoms with Crippen molar-refractivity contribution in [2.75, 3.05) is 7.05 Å². The second-order valence-electron chi connectivity index (χ2n) is 5.37. The van der Waals surface area contributed by atoms with E-state index in [1.807, 2.05) is 48.5 Å². The standard InChI is InChI=1S/C19H17ClN2OS/c1-3-13-8-5-7-11-16(13)21-19-22(2)18(23)17(24-19)12-14-9-4-6-10-15(14)20/h4-12H,3H2,1-2H3/b17-12+,21-19?. The minimum atomic E-state index is -0.0624. The van der Waals surface area contributed by atoms with Crippen molar-refractivity contribution >= 4 is 46.2 Å². The minimum absolute atomic E-state index is 0.0624. The molecular formula is C19H17ClN2OS. The Kier molecular flexibility index (Phi) is 5.07. The summed E-state index contributed by atoms with van der Waals surface area (Å²) < 4.78 is 0. The van der Waals surface area contributed by atoms with E-state index in [2.05, 4.69) is 18.0 Å². The van der Waals surface area contributed by atoms with Gasteiger partial charge < -0.3 is 0 Å². The normalized spacial score (nSPS) is 18.0. The van der Waals surface area contributed by atoms with Gasteiger partial charge in [-0.1, -0.05) is 54.9 Å². The minimum Gasteiger partial charge on any atom is -0.290 e. The van der Waals surface area contributed by atoms with Gasteiger partial charge in [-0.05, 0) is 47.5 Å². The highest BCUT2D eigenvalue weighted by Gasteiger charge is 2.30. The Morgan fingerprint density at radius 3 is 2.62 bits per heavy atom. The number of amides is 1. The third-order valence-electron chi connectivity index (χ3n) is 3.78. The lowest BCUT2D eigenvalue weighted by Crippen LogP contribution is -2.23. The Morgan fingerprint density at radius 2 is 1.88 bits per heavy atom. The van der Waals surface area contributed by atoms with E-state index in [9.17, 15) is 4.79 Å². The van der Waals surface area contributed by atoms with E-state index in [-0.39, 0.29) is 5.91 Å². The maximum Gasteiger partial charge on any atom is 0.266 e. The van der Waals surface area contributed by atoms with E-state index in [1.165, 1.54) is 11.8 Å². The van der Waals surface area contributed by atoms with Crippen LogP contribution in [-0.2, 0) is 11.2 Å². The molecule has 3 rings (SSSR count). The molecule has 0 atom stereocenters. The Balaban J connectivity index is 1.95. The van der Waals surface area contributed by atoms with Gasteiger partial charge in [0.15, 0.2) is 5.17 Å². The topological polar surface area (TPSA) is 32.7 Å². The monoisotopic (exact) mass is 356 g/mol. The van der Waals surface area contributed by atoms with Gasteiger partial charge in [-0.15, -0.1) is 0 Å². The van der Waals surface area contributed by atoms with Gasteiger partial charge in [0, 0.05) is 12.1 Å². The fourth-order valence-corrected chi connectivity index (χ4v) is 3.57. The van der Waals surface area contributed by atoms with Gasteiger partial charge in [0.25, 0.3) is 5.91 Å². The zero-order valence-electron chi connectivity index (χ0n) is 13.5. The SMILES string of the molecule is CCc1ccccc1N=C1S/C(=C/c2ccccc2Cl)C(=O)N1C. The molecule has 1 fully saturated rings. The maximum absolute atomic E-state index is 12.5. The number of rotatable bonds is 3. The second kappa shape index (κ2) is 7.24. The average Bonchev–Trinajstić information content (AvgIpc) is 2.85. The fourth-order valence-electron chi connectivity index (χ4n) is 2.41. The molecule has 5 heteroatoms. The van der Waals surface area contributed by atoms with E-state index in [4.69, 9.17) is 11.6 Å².